The fourth-order valence-electron chi connectivity index (χ4n) is 3.91. The average Bonchev–Trinajstić information content (AvgIpc) is 3.30. The summed E-state index contributed by atoms with van der Waals surface area (Å²) < 4.78 is 31.5. The van der Waals surface area contributed by atoms with Gasteiger partial charge in [-0.15, -0.1) is 4.40 Å². The molecule has 32 heavy (non-hydrogen) atoms. The number of aryl methyl sites for hydroxylation is 1. The normalized spacial score (nSPS) is 15.3. The van der Waals surface area contributed by atoms with E-state index in [2.05, 4.69) is 14.7 Å². The molecule has 0 saturated carbocycles. The van der Waals surface area contributed by atoms with Crippen LogP contribution in [0.1, 0.15) is 34.6 Å². The zero-order chi connectivity index (χ0) is 22.9. The molecule has 1 fully saturated rings. The lowest BCUT2D eigenvalue weighted by molar-refractivity contribution is 0.102. The van der Waals surface area contributed by atoms with E-state index in [0.29, 0.717) is 23.5 Å². The Morgan fingerprint density at radius 3 is 2.66 bits per heavy atom. The Labute approximate surface area is 187 Å². The predicted octanol–water partition coefficient (Wildman–Crippen LogP) is 3.55. The molecule has 2 aromatic heterocycles. The van der Waals surface area contributed by atoms with Crippen LogP contribution in [0.25, 0.3) is 5.69 Å². The second kappa shape index (κ2) is 8.58. The first kappa shape index (κ1) is 21.8. The van der Waals surface area contributed by atoms with Crippen LogP contribution in [0.3, 0.4) is 0 Å². The maximum atomic E-state index is 13.0. The first-order valence-electron chi connectivity index (χ1n) is 10.3. The molecule has 3 aromatic rings. The molecule has 1 N–H and O–H groups in total. The summed E-state index contributed by atoms with van der Waals surface area (Å²) in [5.41, 5.74) is 3.43. The lowest BCUT2D eigenvalue weighted by Crippen LogP contribution is -2.20. The number of carbonyl (C=O) groups excluding carboxylic acids is 1. The zero-order valence-corrected chi connectivity index (χ0v) is 19.1. The topological polar surface area (TPSA) is 96.7 Å². The largest absolute Gasteiger partial charge is 0.362 e. The Bertz CT molecular complexity index is 1300. The smallest absolute Gasteiger partial charge is 0.284 e. The Hall–Kier alpha value is -3.46. The number of anilines is 1. The number of carbonyl (C=O) groups is 1. The van der Waals surface area contributed by atoms with Gasteiger partial charge in [-0.25, -0.2) is 0 Å². The summed E-state index contributed by atoms with van der Waals surface area (Å²) in [7, 11) is -2.03. The Morgan fingerprint density at radius 2 is 1.97 bits per heavy atom. The number of pyridine rings is 1. The van der Waals surface area contributed by atoms with Gasteiger partial charge >= 0.3 is 0 Å². The molecule has 0 aliphatic carbocycles. The van der Waals surface area contributed by atoms with Crippen molar-refractivity contribution in [2.24, 2.45) is 4.40 Å². The highest BCUT2D eigenvalue weighted by atomic mass is 32.2. The molecule has 166 valence electrons. The van der Waals surface area contributed by atoms with Gasteiger partial charge in [0.05, 0.1) is 22.3 Å². The molecule has 3 heterocycles. The van der Waals surface area contributed by atoms with E-state index in [0.717, 1.165) is 30.0 Å². The maximum absolute atomic E-state index is 13.0. The van der Waals surface area contributed by atoms with E-state index in [1.54, 1.807) is 30.6 Å². The fourth-order valence-corrected chi connectivity index (χ4v) is 5.05. The number of hydrogen-bond acceptors (Lipinski definition) is 4. The lowest BCUT2D eigenvalue weighted by Gasteiger charge is -2.11. The van der Waals surface area contributed by atoms with Crippen molar-refractivity contribution in [2.45, 2.75) is 31.6 Å². The number of benzene rings is 1. The molecule has 1 aliphatic rings. The van der Waals surface area contributed by atoms with E-state index in [1.807, 2.05) is 42.5 Å². The minimum Gasteiger partial charge on any atom is -0.362 e. The highest BCUT2D eigenvalue weighted by Crippen LogP contribution is 2.23. The quantitative estimate of drug-likeness (QED) is 0.640. The zero-order valence-electron chi connectivity index (χ0n) is 18.2. The number of likely N-dealkylation sites (tertiary alicyclic amines) is 1. The third-order valence-electron chi connectivity index (χ3n) is 5.53. The van der Waals surface area contributed by atoms with Crippen LogP contribution in [0.4, 0.5) is 5.69 Å². The predicted molar refractivity (Wildman–Crippen MR) is 124 cm³/mol. The van der Waals surface area contributed by atoms with E-state index < -0.39 is 10.0 Å². The van der Waals surface area contributed by atoms with E-state index in [9.17, 15) is 13.2 Å². The molecule has 0 unspecified atom stereocenters. The van der Waals surface area contributed by atoms with Crippen LogP contribution in [0, 0.1) is 13.8 Å². The van der Waals surface area contributed by atoms with Crippen LogP contribution in [0.15, 0.2) is 64.2 Å². The average molecular weight is 452 g/mol. The van der Waals surface area contributed by atoms with Crippen molar-refractivity contribution in [1.29, 1.82) is 0 Å². The summed E-state index contributed by atoms with van der Waals surface area (Å²) >= 11 is 0. The number of aromatic nitrogens is 2. The first-order chi connectivity index (χ1) is 15.3. The monoisotopic (exact) mass is 451 g/mol. The van der Waals surface area contributed by atoms with Crippen LogP contribution >= 0.6 is 0 Å². The number of nitrogens with one attached hydrogen (secondary N) is 1. The van der Waals surface area contributed by atoms with Crippen LogP contribution in [-0.4, -0.2) is 48.2 Å². The fraction of sp³-hybridized carbons (Fsp3) is 0.261. The summed E-state index contributed by atoms with van der Waals surface area (Å²) in [5.74, 6) is 0.243. The minimum atomic E-state index is -3.86. The Balaban J connectivity index is 1.59. The molecule has 0 spiro atoms. The summed E-state index contributed by atoms with van der Waals surface area (Å²) in [6.45, 7) is 4.58. The van der Waals surface area contributed by atoms with Gasteiger partial charge in [0, 0.05) is 43.3 Å². The highest BCUT2D eigenvalue weighted by Gasteiger charge is 2.21. The molecule has 9 heteroatoms. The van der Waals surface area contributed by atoms with Crippen molar-refractivity contribution < 1.29 is 13.2 Å². The van der Waals surface area contributed by atoms with Crippen molar-refractivity contribution in [1.82, 2.24) is 14.5 Å². The summed E-state index contributed by atoms with van der Waals surface area (Å²) in [6, 6.07) is 11.7. The summed E-state index contributed by atoms with van der Waals surface area (Å²) in [4.78, 5) is 19.0. The molecule has 1 saturated heterocycles. The summed E-state index contributed by atoms with van der Waals surface area (Å²) in [6.07, 6.45) is 4.96. The van der Waals surface area contributed by atoms with E-state index in [-0.39, 0.29) is 10.8 Å². The van der Waals surface area contributed by atoms with Crippen molar-refractivity contribution >= 4 is 27.5 Å². The third-order valence-corrected chi connectivity index (χ3v) is 6.83. The molecule has 1 aromatic carbocycles. The van der Waals surface area contributed by atoms with Gasteiger partial charge < -0.3 is 14.8 Å². The minimum absolute atomic E-state index is 0.0453. The van der Waals surface area contributed by atoms with Crippen molar-refractivity contribution in [3.8, 4) is 5.69 Å². The van der Waals surface area contributed by atoms with Crippen molar-refractivity contribution in [2.75, 3.05) is 18.9 Å². The van der Waals surface area contributed by atoms with Gasteiger partial charge in [-0.2, -0.15) is 8.42 Å². The SMILES string of the molecule is Cc1cc(C(=O)Nc2cccc(S(=O)(=O)/N=C3\CCCN3C)c2)c(C)n1-c1cccnc1. The second-order valence-electron chi connectivity index (χ2n) is 7.82. The first-order valence-corrected chi connectivity index (χ1v) is 11.8. The molecular formula is C23H25N5O3S. The highest BCUT2D eigenvalue weighted by molar-refractivity contribution is 7.90. The molecule has 1 amide bonds. The van der Waals surface area contributed by atoms with E-state index in [1.165, 1.54) is 12.1 Å². The summed E-state index contributed by atoms with van der Waals surface area (Å²) in [5, 5.41) is 2.81. The van der Waals surface area contributed by atoms with E-state index in [4.69, 9.17) is 0 Å². The second-order valence-corrected chi connectivity index (χ2v) is 9.43. The standard InChI is InChI=1S/C23H25N5O3S/c1-16-13-21(17(2)28(16)19-8-5-11-24-15-19)23(29)25-18-7-4-9-20(14-18)32(30,31)26-22-10-6-12-27(22)3/h4-5,7-9,11,13-15H,6,10,12H2,1-3H3,(H,25,29)/b26-22+. The molecular weight excluding hydrogens is 426 g/mol. The maximum Gasteiger partial charge on any atom is 0.284 e. The molecule has 1 aliphatic heterocycles. The number of nitrogens with zero attached hydrogens (tertiary/aromatic N) is 4. The lowest BCUT2D eigenvalue weighted by atomic mass is 10.2. The van der Waals surface area contributed by atoms with Gasteiger partial charge in [-0.1, -0.05) is 6.07 Å². The van der Waals surface area contributed by atoms with Crippen LogP contribution in [-0.2, 0) is 10.0 Å². The van der Waals surface area contributed by atoms with Gasteiger partial charge in [0.25, 0.3) is 15.9 Å². The molecule has 0 bridgehead atoms. The van der Waals surface area contributed by atoms with Crippen molar-refractivity contribution in [3.05, 3.63) is 71.8 Å². The Morgan fingerprint density at radius 1 is 1.16 bits per heavy atom. The number of amides is 1. The van der Waals surface area contributed by atoms with Gasteiger partial charge in [0.1, 0.15) is 5.84 Å². The van der Waals surface area contributed by atoms with E-state index >= 15 is 0 Å². The molecule has 0 atom stereocenters. The van der Waals surface area contributed by atoms with Crippen LogP contribution in [0.5, 0.6) is 0 Å². The number of amidine groups is 1. The van der Waals surface area contributed by atoms with Gasteiger partial charge in [-0.05, 0) is 56.7 Å². The van der Waals surface area contributed by atoms with Gasteiger partial charge in [0.15, 0.2) is 0 Å². The molecule has 4 rings (SSSR count). The van der Waals surface area contributed by atoms with Crippen LogP contribution in [0.2, 0.25) is 0 Å². The Kier molecular flexibility index (Phi) is 5.84. The third kappa shape index (κ3) is 4.29. The number of hydrogen-bond donors (Lipinski definition) is 1. The number of sulfonamides is 1. The molecule has 0 radical (unpaired) electrons. The molecule has 8 nitrogen and oxygen atoms in total. The van der Waals surface area contributed by atoms with Crippen molar-refractivity contribution in [3.63, 3.8) is 0 Å². The van der Waals surface area contributed by atoms with Crippen LogP contribution < -0.4 is 5.32 Å². The number of rotatable bonds is 5. The van der Waals surface area contributed by atoms with Gasteiger partial charge in [0.2, 0.25) is 0 Å². The van der Waals surface area contributed by atoms with Gasteiger partial charge in [-0.3, -0.25) is 9.78 Å².